The number of rotatable bonds is 40. The van der Waals surface area contributed by atoms with Crippen LogP contribution in [0.4, 0.5) is 11.6 Å². The Morgan fingerprint density at radius 2 is 0.795 bits per heavy atom. The summed E-state index contributed by atoms with van der Waals surface area (Å²) in [5.41, 5.74) is 4.40. The number of benzene rings is 4. The molecule has 0 saturated heterocycles. The van der Waals surface area contributed by atoms with Crippen LogP contribution in [0.2, 0.25) is 0 Å². The Labute approximate surface area is 520 Å². The van der Waals surface area contributed by atoms with Crippen molar-refractivity contribution in [1.82, 2.24) is 7.10 Å². The molecule has 10 rings (SSSR count). The van der Waals surface area contributed by atoms with E-state index in [1.54, 1.807) is 28.4 Å². The van der Waals surface area contributed by atoms with Crippen LogP contribution in [0, 0.1) is 0 Å². The fourth-order valence-electron chi connectivity index (χ4n) is 10.4. The van der Waals surface area contributed by atoms with E-state index in [9.17, 15) is 0 Å². The zero-order valence-electron chi connectivity index (χ0n) is 50.5. The Balaban J connectivity index is 1.11. The van der Waals surface area contributed by atoms with E-state index >= 15 is 0 Å². The van der Waals surface area contributed by atoms with Crippen molar-refractivity contribution in [3.8, 4) is 23.0 Å². The molecular formula is C63H77AlClN7O16. The summed E-state index contributed by atoms with van der Waals surface area (Å²) >= 11 is -3.24. The average Bonchev–Trinajstić information content (AvgIpc) is 1.59. The van der Waals surface area contributed by atoms with Crippen LogP contribution >= 0.6 is 10.0 Å². The molecule has 25 heteroatoms. The molecule has 2 aromatic heterocycles. The highest BCUT2D eigenvalue weighted by Gasteiger charge is 2.39. The lowest BCUT2D eigenvalue weighted by Crippen LogP contribution is -2.42. The number of amidine groups is 3. The van der Waals surface area contributed by atoms with Crippen molar-refractivity contribution < 1.29 is 75.8 Å². The Kier molecular flexibility index (Phi) is 25.2. The van der Waals surface area contributed by atoms with E-state index in [1.165, 1.54) is 0 Å². The fourth-order valence-corrected chi connectivity index (χ4v) is 13.4. The zero-order chi connectivity index (χ0) is 60.7. The summed E-state index contributed by atoms with van der Waals surface area (Å²) in [6.07, 6.45) is 3.30. The predicted octanol–water partition coefficient (Wildman–Crippen LogP) is 6.38. The van der Waals surface area contributed by atoms with Gasteiger partial charge in [0.15, 0.2) is 17.5 Å². The highest BCUT2D eigenvalue weighted by atomic mass is 35.6. The minimum Gasteiger partial charge on any atom is -0.490 e. The van der Waals surface area contributed by atoms with Crippen molar-refractivity contribution >= 4 is 86.2 Å². The van der Waals surface area contributed by atoms with Crippen LogP contribution in [0.3, 0.4) is 0 Å². The molecule has 6 bridgehead atoms. The van der Waals surface area contributed by atoms with Gasteiger partial charge < -0.3 is 82.9 Å². The van der Waals surface area contributed by atoms with Crippen LogP contribution in [-0.4, -0.2) is 231 Å². The maximum absolute atomic E-state index is 8.45. The summed E-state index contributed by atoms with van der Waals surface area (Å²) in [5.74, 6) is 4.61. The van der Waals surface area contributed by atoms with Crippen molar-refractivity contribution in [1.29, 1.82) is 0 Å². The zero-order valence-corrected chi connectivity index (χ0v) is 52.4. The molecule has 0 radical (unpaired) electrons. The van der Waals surface area contributed by atoms with E-state index in [2.05, 4.69) is 19.2 Å². The quantitative estimate of drug-likeness (QED) is 0.0301. The van der Waals surface area contributed by atoms with Gasteiger partial charge in [0.25, 0.3) is 0 Å². The van der Waals surface area contributed by atoms with E-state index in [4.69, 9.17) is 111 Å². The average molecular weight is 1250 g/mol. The lowest BCUT2D eigenvalue weighted by Gasteiger charge is -2.16. The third-order valence-corrected chi connectivity index (χ3v) is 17.4. The van der Waals surface area contributed by atoms with E-state index in [0.717, 1.165) is 38.5 Å². The summed E-state index contributed by atoms with van der Waals surface area (Å²) in [6.45, 7) is 9.57. The number of hydrogen-bond donors (Lipinski definition) is 0. The maximum atomic E-state index is 8.45. The second kappa shape index (κ2) is 34.2. The highest BCUT2D eigenvalue weighted by Crippen LogP contribution is 2.46. The fraction of sp³-hybridized carbons (Fsp3) is 0.476. The molecule has 0 amide bonds. The van der Waals surface area contributed by atoms with Gasteiger partial charge in [-0.05, 0) is 37.1 Å². The summed E-state index contributed by atoms with van der Waals surface area (Å²) in [4.78, 5) is 27.5. The van der Waals surface area contributed by atoms with Crippen LogP contribution in [0.25, 0.3) is 27.6 Å². The lowest BCUT2D eigenvalue weighted by atomic mass is 10.0. The van der Waals surface area contributed by atoms with Gasteiger partial charge in [0, 0.05) is 61.3 Å². The van der Waals surface area contributed by atoms with Gasteiger partial charge in [0.2, 0.25) is 0 Å². The lowest BCUT2D eigenvalue weighted by molar-refractivity contribution is 0.0179. The molecule has 0 N–H and O–H groups in total. The van der Waals surface area contributed by atoms with Gasteiger partial charge in [0.05, 0.1) is 154 Å². The summed E-state index contributed by atoms with van der Waals surface area (Å²) < 4.78 is 97.5. The van der Waals surface area contributed by atoms with E-state index < -0.39 is 13.7 Å². The molecule has 4 aromatic carbocycles. The van der Waals surface area contributed by atoms with Gasteiger partial charge in [0.1, 0.15) is 66.5 Å². The molecule has 6 aromatic rings. The molecule has 470 valence electrons. The first kappa shape index (κ1) is 64.8. The Morgan fingerprint density at radius 1 is 0.386 bits per heavy atom. The van der Waals surface area contributed by atoms with Crippen molar-refractivity contribution in [2.24, 2.45) is 25.0 Å². The number of aromatic nitrogens is 2. The van der Waals surface area contributed by atoms with Crippen molar-refractivity contribution in [2.75, 3.05) is 187 Å². The maximum Gasteiger partial charge on any atom is 0.721 e. The number of ether oxygens (including phenoxy) is 16. The first-order chi connectivity index (χ1) is 43.5. The van der Waals surface area contributed by atoms with Crippen molar-refractivity contribution in [3.05, 3.63) is 106 Å². The first-order valence-electron chi connectivity index (χ1n) is 29.8. The molecule has 0 saturated carbocycles. The minimum atomic E-state index is -3.24. The number of nitrogens with zero attached hydrogens (tertiary/aromatic N) is 7. The highest BCUT2D eigenvalue weighted by molar-refractivity contribution is 7.05. The summed E-state index contributed by atoms with van der Waals surface area (Å²) in [7, 11) is 15.0. The van der Waals surface area contributed by atoms with Crippen LogP contribution in [0.1, 0.15) is 35.1 Å². The molecule has 0 aliphatic carbocycles. The van der Waals surface area contributed by atoms with Crippen LogP contribution in [0.5, 0.6) is 23.0 Å². The standard InChI is InChI=1S/C63H77N7O16.Al.ClH/c1-71-20-24-75-28-32-79-36-40-83-50-16-6-11-45-54(50)49-15-9-14-48-44-10-5-17-51(84-41-37-80-33-29-76-25-21-72-2)55(44)61(64-48)67-59-46-12-7-19-53(86-43-39-82-35-31-78-27-23-74-4)57(46)63(68-59)70-60-47-13-8-18-52(56(47)62(69-60)66-58(45)65-49)85-42-38-81-34-30-77-26-22-73-3;;/h5-8,10-14,16-19H,9,15,20-43H2,1-4H3;;1H/q-2;+3;/p-1/b48-14+,66-58-;;. The normalized spacial score (nSPS) is 15.5. The van der Waals surface area contributed by atoms with E-state index in [0.29, 0.717) is 219 Å². The first-order valence-corrected chi connectivity index (χ1v) is 32.5. The molecule has 0 fully saturated rings. The topological polar surface area (TPSA) is 219 Å². The molecule has 0 unspecified atom stereocenters. The Bertz CT molecular complexity index is 3540. The third-order valence-electron chi connectivity index (χ3n) is 14.4. The largest absolute Gasteiger partial charge is 0.721 e. The molecule has 23 nitrogen and oxygen atoms in total. The van der Waals surface area contributed by atoms with Gasteiger partial charge in [-0.15, -0.1) is 0 Å². The van der Waals surface area contributed by atoms with Gasteiger partial charge in [-0.2, -0.15) is 10.0 Å². The minimum absolute atomic E-state index is 0.216. The van der Waals surface area contributed by atoms with Crippen molar-refractivity contribution in [2.45, 2.75) is 12.8 Å². The molecule has 0 atom stereocenters. The second-order valence-electron chi connectivity index (χ2n) is 20.1. The molecule has 88 heavy (non-hydrogen) atoms. The van der Waals surface area contributed by atoms with Crippen LogP contribution in [-0.2, 0) is 56.8 Å². The summed E-state index contributed by atoms with van der Waals surface area (Å²) in [6, 6.07) is 23.7. The van der Waals surface area contributed by atoms with E-state index in [-0.39, 0.29) is 26.4 Å². The number of methoxy groups -OCH3 is 4. The van der Waals surface area contributed by atoms with Gasteiger partial charge in [-0.25, -0.2) is 25.0 Å². The van der Waals surface area contributed by atoms with E-state index in [1.807, 2.05) is 66.7 Å². The molecular weight excluding hydrogens is 1170 g/mol. The van der Waals surface area contributed by atoms with Crippen LogP contribution in [0.15, 0.2) is 97.8 Å². The third kappa shape index (κ3) is 16.1. The number of hydrogen-bond acceptors (Lipinski definition) is 21. The number of fused-ring (bicyclic) bond motifs is 14. The molecule has 4 aliphatic rings. The van der Waals surface area contributed by atoms with Crippen molar-refractivity contribution in [3.63, 3.8) is 0 Å². The van der Waals surface area contributed by atoms with Gasteiger partial charge in [-0.3, -0.25) is 0 Å². The molecule has 6 heterocycles. The Hall–Kier alpha value is -6.15. The molecule has 4 aliphatic heterocycles. The number of aliphatic imine (C=N–C) groups is 4. The number of halogens is 1. The molecule has 0 spiro atoms. The van der Waals surface area contributed by atoms with Gasteiger partial charge >= 0.3 is 13.7 Å². The SMILES string of the molecule is COCCOCCOCCOc1cccc2c1C1=N/C2=N\c2c3c(OCCOCCOCCOC)cccc3c3[n]2[Al]([Cl])[n]2c(c4c(OCCOCCOCCOC)cccc4/c2=C\CC1)=NC1=N/C(=N\3)c2c(OCCOCCOCCOC)cccc21. The van der Waals surface area contributed by atoms with Crippen LogP contribution < -0.4 is 29.8 Å². The Morgan fingerprint density at radius 3 is 1.32 bits per heavy atom. The monoisotopic (exact) mass is 1250 g/mol. The predicted molar refractivity (Wildman–Crippen MR) is 335 cm³/mol. The second-order valence-corrected chi connectivity index (χ2v) is 22.9. The summed E-state index contributed by atoms with van der Waals surface area (Å²) in [5, 5.41) is 3.84. The van der Waals surface area contributed by atoms with Gasteiger partial charge in [-0.1, -0.05) is 54.6 Å². The smallest absolute Gasteiger partial charge is 0.490 e.